The topological polar surface area (TPSA) is 49.5 Å². The molecule has 3 N–H and O–H groups in total. The van der Waals surface area contributed by atoms with Gasteiger partial charge in [0, 0.05) is 18.7 Å². The largest absolute Gasteiger partial charge is 0.396 e. The number of rotatable bonds is 6. The Bertz CT molecular complexity index is 152. The lowest BCUT2D eigenvalue weighted by atomic mass is 10.1. The molecule has 0 spiro atoms. The van der Waals surface area contributed by atoms with Crippen LogP contribution in [0.3, 0.4) is 0 Å². The first-order chi connectivity index (χ1) is 6.79. The van der Waals surface area contributed by atoms with E-state index in [-0.39, 0.29) is 0 Å². The summed E-state index contributed by atoms with van der Waals surface area (Å²) in [4.78, 5) is 2.57. The Balaban J connectivity index is 2.33. The Labute approximate surface area is 87.3 Å². The van der Waals surface area contributed by atoms with Crippen LogP contribution >= 0.6 is 0 Å². The van der Waals surface area contributed by atoms with Crippen molar-refractivity contribution in [1.82, 2.24) is 4.90 Å². The molecule has 0 saturated carbocycles. The van der Waals surface area contributed by atoms with Gasteiger partial charge in [0.1, 0.15) is 0 Å². The van der Waals surface area contributed by atoms with E-state index >= 15 is 0 Å². The lowest BCUT2D eigenvalue weighted by Gasteiger charge is -2.30. The third-order valence-electron chi connectivity index (χ3n) is 3.27. The van der Waals surface area contributed by atoms with E-state index in [1.54, 1.807) is 0 Å². The highest BCUT2D eigenvalue weighted by Gasteiger charge is 2.27. The van der Waals surface area contributed by atoms with Gasteiger partial charge >= 0.3 is 0 Å². The SMILES string of the molecule is CC(CCN)N1CCCC1CCCO. The standard InChI is InChI=1S/C11H24N2O/c1-10(6-7-12)13-8-2-4-11(13)5-3-9-14/h10-11,14H,2-9,12H2,1H3. The maximum atomic E-state index is 8.82. The summed E-state index contributed by atoms with van der Waals surface area (Å²) in [5.41, 5.74) is 5.58. The van der Waals surface area contributed by atoms with Gasteiger partial charge in [-0.3, -0.25) is 4.90 Å². The van der Waals surface area contributed by atoms with Crippen molar-refractivity contribution in [2.45, 2.75) is 51.1 Å². The third-order valence-corrected chi connectivity index (χ3v) is 3.27. The summed E-state index contributed by atoms with van der Waals surface area (Å²) in [5, 5.41) is 8.82. The van der Waals surface area contributed by atoms with Crippen LogP contribution in [-0.2, 0) is 0 Å². The van der Waals surface area contributed by atoms with Gasteiger partial charge in [-0.1, -0.05) is 0 Å². The number of hydrogen-bond donors (Lipinski definition) is 2. The Morgan fingerprint density at radius 1 is 1.57 bits per heavy atom. The van der Waals surface area contributed by atoms with Gasteiger partial charge in [0.15, 0.2) is 0 Å². The van der Waals surface area contributed by atoms with Gasteiger partial charge in [-0.05, 0) is 52.1 Å². The van der Waals surface area contributed by atoms with E-state index in [0.717, 1.165) is 25.8 Å². The molecule has 1 rings (SSSR count). The zero-order chi connectivity index (χ0) is 10.4. The maximum absolute atomic E-state index is 8.82. The van der Waals surface area contributed by atoms with E-state index in [1.165, 1.54) is 19.4 Å². The molecule has 3 heteroatoms. The fourth-order valence-electron chi connectivity index (χ4n) is 2.48. The van der Waals surface area contributed by atoms with Gasteiger partial charge < -0.3 is 10.8 Å². The minimum absolute atomic E-state index is 0.329. The minimum Gasteiger partial charge on any atom is -0.396 e. The molecule has 1 saturated heterocycles. The summed E-state index contributed by atoms with van der Waals surface area (Å²) >= 11 is 0. The van der Waals surface area contributed by atoms with Crippen molar-refractivity contribution in [3.63, 3.8) is 0 Å². The zero-order valence-electron chi connectivity index (χ0n) is 9.28. The first kappa shape index (κ1) is 12.0. The highest BCUT2D eigenvalue weighted by Crippen LogP contribution is 2.24. The fourth-order valence-corrected chi connectivity index (χ4v) is 2.48. The van der Waals surface area contributed by atoms with Crippen molar-refractivity contribution in [3.8, 4) is 0 Å². The average molecular weight is 200 g/mol. The molecule has 1 fully saturated rings. The number of aliphatic hydroxyl groups excluding tert-OH is 1. The van der Waals surface area contributed by atoms with Crippen molar-refractivity contribution < 1.29 is 5.11 Å². The van der Waals surface area contributed by atoms with Crippen molar-refractivity contribution in [2.75, 3.05) is 19.7 Å². The van der Waals surface area contributed by atoms with Crippen LogP contribution in [-0.4, -0.2) is 41.8 Å². The van der Waals surface area contributed by atoms with Crippen molar-refractivity contribution in [3.05, 3.63) is 0 Å². The van der Waals surface area contributed by atoms with Gasteiger partial charge in [-0.2, -0.15) is 0 Å². The van der Waals surface area contributed by atoms with Crippen molar-refractivity contribution in [2.24, 2.45) is 5.73 Å². The third kappa shape index (κ3) is 3.23. The molecule has 0 radical (unpaired) electrons. The van der Waals surface area contributed by atoms with E-state index in [9.17, 15) is 0 Å². The monoisotopic (exact) mass is 200 g/mol. The molecule has 1 aliphatic heterocycles. The van der Waals surface area contributed by atoms with E-state index in [2.05, 4.69) is 11.8 Å². The summed E-state index contributed by atoms with van der Waals surface area (Å²) in [6, 6.07) is 1.31. The second-order valence-corrected chi connectivity index (χ2v) is 4.33. The number of hydrogen-bond acceptors (Lipinski definition) is 3. The van der Waals surface area contributed by atoms with Crippen LogP contribution in [0.15, 0.2) is 0 Å². The lowest BCUT2D eigenvalue weighted by molar-refractivity contribution is 0.166. The van der Waals surface area contributed by atoms with E-state index in [1.807, 2.05) is 0 Å². The van der Waals surface area contributed by atoms with Crippen LogP contribution in [0.25, 0.3) is 0 Å². The van der Waals surface area contributed by atoms with E-state index < -0.39 is 0 Å². The highest BCUT2D eigenvalue weighted by atomic mass is 16.2. The summed E-state index contributed by atoms with van der Waals surface area (Å²) in [7, 11) is 0. The summed E-state index contributed by atoms with van der Waals surface area (Å²) < 4.78 is 0. The fraction of sp³-hybridized carbons (Fsp3) is 1.00. The van der Waals surface area contributed by atoms with Crippen molar-refractivity contribution in [1.29, 1.82) is 0 Å². The molecule has 1 aliphatic rings. The molecular formula is C11H24N2O. The van der Waals surface area contributed by atoms with Crippen LogP contribution in [0.2, 0.25) is 0 Å². The zero-order valence-corrected chi connectivity index (χ0v) is 9.28. The second-order valence-electron chi connectivity index (χ2n) is 4.33. The van der Waals surface area contributed by atoms with Crippen LogP contribution < -0.4 is 5.73 Å². The summed E-state index contributed by atoms with van der Waals surface area (Å²) in [6.45, 7) is 4.60. The highest BCUT2D eigenvalue weighted by molar-refractivity contribution is 4.82. The Hall–Kier alpha value is -0.120. The van der Waals surface area contributed by atoms with Gasteiger partial charge in [-0.25, -0.2) is 0 Å². The smallest absolute Gasteiger partial charge is 0.0431 e. The molecule has 14 heavy (non-hydrogen) atoms. The molecule has 0 aliphatic carbocycles. The van der Waals surface area contributed by atoms with Gasteiger partial charge in [-0.15, -0.1) is 0 Å². The second kappa shape index (κ2) is 6.38. The summed E-state index contributed by atoms with van der Waals surface area (Å²) in [5.74, 6) is 0. The summed E-state index contributed by atoms with van der Waals surface area (Å²) in [6.07, 6.45) is 5.79. The number of aliphatic hydroxyl groups is 1. The van der Waals surface area contributed by atoms with Crippen LogP contribution in [0.5, 0.6) is 0 Å². The van der Waals surface area contributed by atoms with Gasteiger partial charge in [0.25, 0.3) is 0 Å². The molecule has 0 amide bonds. The van der Waals surface area contributed by atoms with Crippen LogP contribution in [0, 0.1) is 0 Å². The molecule has 1 heterocycles. The van der Waals surface area contributed by atoms with E-state index in [4.69, 9.17) is 10.8 Å². The first-order valence-electron chi connectivity index (χ1n) is 5.86. The molecule has 2 atom stereocenters. The van der Waals surface area contributed by atoms with Gasteiger partial charge in [0.2, 0.25) is 0 Å². The lowest BCUT2D eigenvalue weighted by Crippen LogP contribution is -2.38. The molecule has 84 valence electrons. The Kier molecular flexibility index (Phi) is 5.45. The van der Waals surface area contributed by atoms with Gasteiger partial charge in [0.05, 0.1) is 0 Å². The molecular weight excluding hydrogens is 176 g/mol. The van der Waals surface area contributed by atoms with Crippen LogP contribution in [0.1, 0.15) is 39.0 Å². The van der Waals surface area contributed by atoms with Crippen molar-refractivity contribution >= 4 is 0 Å². The Morgan fingerprint density at radius 2 is 2.36 bits per heavy atom. The number of nitrogens with zero attached hydrogens (tertiary/aromatic N) is 1. The average Bonchev–Trinajstić information content (AvgIpc) is 2.63. The maximum Gasteiger partial charge on any atom is 0.0431 e. The predicted octanol–water partition coefficient (Wildman–Crippen LogP) is 0.961. The van der Waals surface area contributed by atoms with Crippen LogP contribution in [0.4, 0.5) is 0 Å². The normalized spacial score (nSPS) is 25.5. The number of likely N-dealkylation sites (tertiary alicyclic amines) is 1. The first-order valence-corrected chi connectivity index (χ1v) is 5.86. The molecule has 2 unspecified atom stereocenters. The molecule has 0 aromatic rings. The molecule has 3 nitrogen and oxygen atoms in total. The predicted molar refractivity (Wildman–Crippen MR) is 59.2 cm³/mol. The molecule has 0 bridgehead atoms. The molecule has 0 aromatic carbocycles. The number of nitrogens with two attached hydrogens (primary N) is 1. The van der Waals surface area contributed by atoms with E-state index in [0.29, 0.717) is 18.7 Å². The quantitative estimate of drug-likeness (QED) is 0.671. The Morgan fingerprint density at radius 3 is 3.00 bits per heavy atom. The molecule has 0 aromatic heterocycles. The minimum atomic E-state index is 0.329.